The highest BCUT2D eigenvalue weighted by atomic mass is 35.5. The third-order valence-electron chi connectivity index (χ3n) is 3.49. The van der Waals surface area contributed by atoms with Gasteiger partial charge in [-0.2, -0.15) is 5.10 Å². The van der Waals surface area contributed by atoms with E-state index in [1.54, 1.807) is 14.0 Å². The number of hydrogen-bond acceptors (Lipinski definition) is 2. The molecule has 0 amide bonds. The fraction of sp³-hybridized carbons (Fsp3) is 0.118. The quantitative estimate of drug-likeness (QED) is 0.643. The first-order valence-corrected chi connectivity index (χ1v) is 7.37. The molecule has 7 heteroatoms. The first kappa shape index (κ1) is 16.4. The highest BCUT2D eigenvalue weighted by Gasteiger charge is 2.22. The number of hydrogen-bond donors (Lipinski definition) is 0. The SMILES string of the molecule is Cc1nn(C)c(Oc2c(F)cccc2F)c1-c1ccc(F)cc1Cl. The topological polar surface area (TPSA) is 27.1 Å². The molecule has 1 heterocycles. The molecule has 0 aliphatic carbocycles. The second-order valence-corrected chi connectivity index (χ2v) is 5.57. The van der Waals surface area contributed by atoms with Gasteiger partial charge in [-0.1, -0.05) is 17.7 Å². The standard InChI is InChI=1S/C17H12ClF3N2O/c1-9-15(11-7-6-10(19)8-12(11)18)17(23(2)22-9)24-16-13(20)4-3-5-14(16)21/h3-8H,1-2H3. The molecule has 1 aromatic heterocycles. The molecule has 0 aliphatic rings. The molecule has 0 radical (unpaired) electrons. The summed E-state index contributed by atoms with van der Waals surface area (Å²) in [7, 11) is 1.57. The van der Waals surface area contributed by atoms with Crippen LogP contribution >= 0.6 is 11.6 Å². The molecule has 0 spiro atoms. The molecule has 3 rings (SSSR count). The summed E-state index contributed by atoms with van der Waals surface area (Å²) >= 11 is 6.10. The number of halogens is 4. The van der Waals surface area contributed by atoms with Crippen molar-refractivity contribution >= 4 is 11.6 Å². The highest BCUT2D eigenvalue weighted by Crippen LogP contribution is 2.40. The Labute approximate surface area is 141 Å². The number of nitrogens with zero attached hydrogens (tertiary/aromatic N) is 2. The van der Waals surface area contributed by atoms with Crippen molar-refractivity contribution in [1.82, 2.24) is 9.78 Å². The molecule has 0 unspecified atom stereocenters. The van der Waals surface area contributed by atoms with Gasteiger partial charge in [0.25, 0.3) is 0 Å². The molecule has 24 heavy (non-hydrogen) atoms. The maximum atomic E-state index is 13.9. The van der Waals surface area contributed by atoms with Gasteiger partial charge in [0.15, 0.2) is 11.6 Å². The number of benzene rings is 2. The van der Waals surface area contributed by atoms with E-state index in [2.05, 4.69) is 5.10 Å². The Balaban J connectivity index is 2.16. The fourth-order valence-corrected chi connectivity index (χ4v) is 2.69. The molecule has 3 aromatic rings. The van der Waals surface area contributed by atoms with E-state index >= 15 is 0 Å². The van der Waals surface area contributed by atoms with Crippen molar-refractivity contribution in [1.29, 1.82) is 0 Å². The predicted molar refractivity (Wildman–Crippen MR) is 84.8 cm³/mol. The average molecular weight is 353 g/mol. The molecule has 0 fully saturated rings. The minimum absolute atomic E-state index is 0.102. The molecule has 2 aromatic carbocycles. The van der Waals surface area contributed by atoms with Crippen LogP contribution in [0.2, 0.25) is 5.02 Å². The van der Waals surface area contributed by atoms with Crippen molar-refractivity contribution in [3.8, 4) is 22.8 Å². The van der Waals surface area contributed by atoms with Crippen LogP contribution in [0.25, 0.3) is 11.1 Å². The molecular formula is C17H12ClF3N2O. The minimum atomic E-state index is -0.843. The second-order valence-electron chi connectivity index (χ2n) is 5.17. The van der Waals surface area contributed by atoms with E-state index in [-0.39, 0.29) is 10.9 Å². The van der Waals surface area contributed by atoms with Crippen molar-refractivity contribution in [2.24, 2.45) is 7.05 Å². The summed E-state index contributed by atoms with van der Waals surface area (Å²) in [5, 5.41) is 4.34. The van der Waals surface area contributed by atoms with Gasteiger partial charge in [-0.25, -0.2) is 17.9 Å². The molecule has 0 atom stereocenters. The summed E-state index contributed by atoms with van der Waals surface area (Å²) in [6.07, 6.45) is 0. The monoisotopic (exact) mass is 352 g/mol. The lowest BCUT2D eigenvalue weighted by molar-refractivity contribution is 0.378. The van der Waals surface area contributed by atoms with Crippen molar-refractivity contribution < 1.29 is 17.9 Å². The van der Waals surface area contributed by atoms with Gasteiger partial charge >= 0.3 is 0 Å². The third-order valence-corrected chi connectivity index (χ3v) is 3.80. The summed E-state index contributed by atoms with van der Waals surface area (Å²) < 4.78 is 47.8. The zero-order valence-corrected chi connectivity index (χ0v) is 13.5. The molecule has 0 aliphatic heterocycles. The normalized spacial score (nSPS) is 10.9. The Morgan fingerprint density at radius 2 is 1.75 bits per heavy atom. The average Bonchev–Trinajstić information content (AvgIpc) is 2.77. The lowest BCUT2D eigenvalue weighted by Crippen LogP contribution is -1.99. The highest BCUT2D eigenvalue weighted by molar-refractivity contribution is 6.33. The maximum Gasteiger partial charge on any atom is 0.226 e. The van der Waals surface area contributed by atoms with Gasteiger partial charge in [0.2, 0.25) is 11.6 Å². The summed E-state index contributed by atoms with van der Waals surface area (Å²) in [6.45, 7) is 1.69. The Bertz CT molecular complexity index is 904. The van der Waals surface area contributed by atoms with E-state index in [1.165, 1.54) is 22.9 Å². The number of rotatable bonds is 3. The first-order valence-electron chi connectivity index (χ1n) is 6.99. The van der Waals surface area contributed by atoms with Crippen molar-refractivity contribution in [3.63, 3.8) is 0 Å². The van der Waals surface area contributed by atoms with Crippen LogP contribution in [0, 0.1) is 24.4 Å². The number of aryl methyl sites for hydroxylation is 2. The van der Waals surface area contributed by atoms with Crippen LogP contribution < -0.4 is 4.74 Å². The molecule has 0 bridgehead atoms. The smallest absolute Gasteiger partial charge is 0.226 e. The zero-order chi connectivity index (χ0) is 17.4. The lowest BCUT2D eigenvalue weighted by atomic mass is 10.1. The van der Waals surface area contributed by atoms with E-state index in [9.17, 15) is 13.2 Å². The summed E-state index contributed by atoms with van der Waals surface area (Å²) in [5.41, 5.74) is 1.42. The van der Waals surface area contributed by atoms with Crippen LogP contribution in [-0.2, 0) is 7.05 Å². The number of ether oxygens (including phenoxy) is 1. The van der Waals surface area contributed by atoms with Gasteiger partial charge in [0.05, 0.1) is 16.3 Å². The second kappa shape index (κ2) is 6.20. The lowest BCUT2D eigenvalue weighted by Gasteiger charge is -2.11. The summed E-state index contributed by atoms with van der Waals surface area (Å²) in [6, 6.07) is 7.27. The van der Waals surface area contributed by atoms with E-state index in [0.29, 0.717) is 16.8 Å². The van der Waals surface area contributed by atoms with Crippen LogP contribution in [0.15, 0.2) is 36.4 Å². The predicted octanol–water partition coefficient (Wildman–Crippen LogP) is 5.26. The fourth-order valence-electron chi connectivity index (χ4n) is 2.43. The van der Waals surface area contributed by atoms with E-state index in [0.717, 1.165) is 18.2 Å². The Kier molecular flexibility index (Phi) is 4.24. The van der Waals surface area contributed by atoms with Crippen LogP contribution in [0.1, 0.15) is 5.69 Å². The van der Waals surface area contributed by atoms with Crippen LogP contribution in [0.5, 0.6) is 11.6 Å². The van der Waals surface area contributed by atoms with Crippen molar-refractivity contribution in [2.75, 3.05) is 0 Å². The third kappa shape index (κ3) is 2.85. The molecule has 0 saturated carbocycles. The Morgan fingerprint density at radius 3 is 2.38 bits per heavy atom. The zero-order valence-electron chi connectivity index (χ0n) is 12.8. The van der Waals surface area contributed by atoms with Crippen LogP contribution in [0.3, 0.4) is 0 Å². The van der Waals surface area contributed by atoms with Crippen molar-refractivity contribution in [3.05, 3.63) is 64.6 Å². The minimum Gasteiger partial charge on any atom is -0.432 e. The molecule has 124 valence electrons. The summed E-state index contributed by atoms with van der Waals surface area (Å²) in [5.74, 6) is -2.62. The van der Waals surface area contributed by atoms with E-state index in [4.69, 9.17) is 16.3 Å². The first-order chi connectivity index (χ1) is 11.4. The van der Waals surface area contributed by atoms with Gasteiger partial charge in [-0.3, -0.25) is 0 Å². The summed E-state index contributed by atoms with van der Waals surface area (Å²) in [4.78, 5) is 0. The Hall–Kier alpha value is -2.47. The Morgan fingerprint density at radius 1 is 1.08 bits per heavy atom. The maximum absolute atomic E-state index is 13.9. The van der Waals surface area contributed by atoms with Gasteiger partial charge < -0.3 is 4.74 Å². The van der Waals surface area contributed by atoms with E-state index < -0.39 is 23.2 Å². The molecule has 0 saturated heterocycles. The molecule has 0 N–H and O–H groups in total. The van der Waals surface area contributed by atoms with Crippen LogP contribution in [0.4, 0.5) is 13.2 Å². The number of para-hydroxylation sites is 1. The number of aromatic nitrogens is 2. The van der Waals surface area contributed by atoms with Crippen LogP contribution in [-0.4, -0.2) is 9.78 Å². The van der Waals surface area contributed by atoms with Gasteiger partial charge in [0.1, 0.15) is 5.82 Å². The van der Waals surface area contributed by atoms with E-state index in [1.807, 2.05) is 0 Å². The van der Waals surface area contributed by atoms with Crippen molar-refractivity contribution in [2.45, 2.75) is 6.92 Å². The van der Waals surface area contributed by atoms with Gasteiger partial charge in [0, 0.05) is 12.6 Å². The van der Waals surface area contributed by atoms with Gasteiger partial charge in [-0.05, 0) is 37.3 Å². The molecular weight excluding hydrogens is 341 g/mol. The molecule has 3 nitrogen and oxygen atoms in total. The van der Waals surface area contributed by atoms with Gasteiger partial charge in [-0.15, -0.1) is 0 Å². The largest absolute Gasteiger partial charge is 0.432 e.